The van der Waals surface area contributed by atoms with Crippen LogP contribution >= 0.6 is 0 Å². The fraction of sp³-hybridized carbons (Fsp3) is 0.538. The van der Waals surface area contributed by atoms with E-state index in [-0.39, 0.29) is 5.41 Å². The number of benzene rings is 1. The van der Waals surface area contributed by atoms with E-state index in [0.29, 0.717) is 5.56 Å². The van der Waals surface area contributed by atoms with Gasteiger partial charge in [-0.2, -0.15) is 30.7 Å². The van der Waals surface area contributed by atoms with Crippen LogP contribution < -0.4 is 4.74 Å². The van der Waals surface area contributed by atoms with Crippen LogP contribution in [-0.2, 0) is 5.41 Å². The molecule has 8 heteroatoms. The van der Waals surface area contributed by atoms with E-state index in [1.807, 2.05) is 0 Å². The van der Waals surface area contributed by atoms with Crippen LogP contribution in [0.2, 0.25) is 0 Å². The van der Waals surface area contributed by atoms with Gasteiger partial charge in [-0.15, -0.1) is 0 Å². The lowest BCUT2D eigenvalue weighted by Crippen LogP contribution is -2.57. The van der Waals surface area contributed by atoms with Gasteiger partial charge >= 0.3 is 18.2 Å². The molecule has 0 fully saturated rings. The molecule has 0 heterocycles. The molecule has 21 heavy (non-hydrogen) atoms. The molecule has 0 aromatic heterocycles. The van der Waals surface area contributed by atoms with Crippen molar-refractivity contribution < 1.29 is 35.5 Å². The van der Waals surface area contributed by atoms with Gasteiger partial charge in [0, 0.05) is 0 Å². The van der Waals surface area contributed by atoms with Gasteiger partial charge in [-0.25, -0.2) is 0 Å². The molecular weight excluding hydrogens is 305 g/mol. The zero-order valence-electron chi connectivity index (χ0n) is 11.4. The van der Waals surface area contributed by atoms with E-state index in [1.165, 1.54) is 12.1 Å². The SMILES string of the molecule is CC(C)(C)c1ccc(OC(F)(C(F)(F)F)C(F)(F)F)cc1. The summed E-state index contributed by atoms with van der Waals surface area (Å²) in [6.45, 7) is 5.40. The number of halogens is 7. The lowest BCUT2D eigenvalue weighted by molar-refractivity contribution is -0.405. The molecular formula is C13H13F7O. The molecule has 0 bridgehead atoms. The molecule has 0 N–H and O–H groups in total. The number of alkyl halides is 7. The molecule has 0 aliphatic heterocycles. The molecule has 120 valence electrons. The minimum absolute atomic E-state index is 0.362. The van der Waals surface area contributed by atoms with E-state index in [0.717, 1.165) is 12.1 Å². The van der Waals surface area contributed by atoms with Crippen molar-refractivity contribution in [3.05, 3.63) is 29.8 Å². The Balaban J connectivity index is 3.13. The molecule has 0 spiro atoms. The summed E-state index contributed by atoms with van der Waals surface area (Å²) >= 11 is 0. The first kappa shape index (κ1) is 17.6. The third-order valence-electron chi connectivity index (χ3n) is 2.71. The van der Waals surface area contributed by atoms with Crippen LogP contribution in [-0.4, -0.2) is 18.2 Å². The predicted molar refractivity (Wildman–Crippen MR) is 61.7 cm³/mol. The van der Waals surface area contributed by atoms with Crippen molar-refractivity contribution in [3.8, 4) is 5.75 Å². The van der Waals surface area contributed by atoms with Crippen molar-refractivity contribution in [3.63, 3.8) is 0 Å². The maximum Gasteiger partial charge on any atom is 0.470 e. The quantitative estimate of drug-likeness (QED) is 0.685. The van der Waals surface area contributed by atoms with Crippen LogP contribution in [0.15, 0.2) is 24.3 Å². The number of rotatable bonds is 2. The zero-order valence-corrected chi connectivity index (χ0v) is 11.4. The summed E-state index contributed by atoms with van der Waals surface area (Å²) in [4.78, 5) is 0. The normalized spacial score (nSPS) is 14.2. The summed E-state index contributed by atoms with van der Waals surface area (Å²) in [6.07, 6.45) is -12.5. The minimum atomic E-state index is -6.24. The highest BCUT2D eigenvalue weighted by atomic mass is 19.4. The second-order valence-corrected chi connectivity index (χ2v) is 5.47. The summed E-state index contributed by atoms with van der Waals surface area (Å²) in [7, 11) is 0. The van der Waals surface area contributed by atoms with Crippen molar-refractivity contribution in [2.75, 3.05) is 0 Å². The highest BCUT2D eigenvalue weighted by Gasteiger charge is 2.76. The van der Waals surface area contributed by atoms with Gasteiger partial charge in [0.05, 0.1) is 0 Å². The number of ether oxygens (including phenoxy) is 1. The molecule has 0 saturated carbocycles. The Labute approximate surface area is 116 Å². The van der Waals surface area contributed by atoms with E-state index in [4.69, 9.17) is 0 Å². The molecule has 0 atom stereocenters. The summed E-state index contributed by atoms with van der Waals surface area (Å²) in [6, 6.07) is 4.30. The Morgan fingerprint density at radius 1 is 0.714 bits per heavy atom. The van der Waals surface area contributed by atoms with Gasteiger partial charge in [-0.05, 0) is 23.1 Å². The van der Waals surface area contributed by atoms with Crippen molar-refractivity contribution in [1.29, 1.82) is 0 Å². The minimum Gasteiger partial charge on any atom is -0.444 e. The molecule has 0 aliphatic rings. The third-order valence-corrected chi connectivity index (χ3v) is 2.71. The first-order chi connectivity index (χ1) is 9.18. The molecule has 0 aliphatic carbocycles. The molecule has 0 radical (unpaired) electrons. The number of hydrogen-bond donors (Lipinski definition) is 0. The van der Waals surface area contributed by atoms with Crippen molar-refractivity contribution in [2.24, 2.45) is 0 Å². The Bertz CT molecular complexity index is 465. The molecule has 0 unspecified atom stereocenters. The van der Waals surface area contributed by atoms with Gasteiger partial charge in [0.25, 0.3) is 0 Å². The molecule has 0 amide bonds. The van der Waals surface area contributed by atoms with Crippen LogP contribution in [0.4, 0.5) is 30.7 Å². The van der Waals surface area contributed by atoms with Gasteiger partial charge in [-0.1, -0.05) is 32.9 Å². The van der Waals surface area contributed by atoms with Crippen LogP contribution in [0.25, 0.3) is 0 Å². The van der Waals surface area contributed by atoms with E-state index in [1.54, 1.807) is 20.8 Å². The first-order valence-corrected chi connectivity index (χ1v) is 5.80. The summed E-state index contributed by atoms with van der Waals surface area (Å²) in [5.74, 6) is -6.61. The van der Waals surface area contributed by atoms with E-state index in [9.17, 15) is 30.7 Å². The Morgan fingerprint density at radius 2 is 1.10 bits per heavy atom. The maximum absolute atomic E-state index is 13.4. The van der Waals surface area contributed by atoms with E-state index in [2.05, 4.69) is 4.74 Å². The van der Waals surface area contributed by atoms with Gasteiger partial charge in [0.1, 0.15) is 5.75 Å². The fourth-order valence-electron chi connectivity index (χ4n) is 1.46. The smallest absolute Gasteiger partial charge is 0.444 e. The highest BCUT2D eigenvalue weighted by Crippen LogP contribution is 2.47. The van der Waals surface area contributed by atoms with Gasteiger partial charge in [0.2, 0.25) is 0 Å². The molecule has 1 aromatic rings. The van der Waals surface area contributed by atoms with Crippen LogP contribution in [0.5, 0.6) is 5.75 Å². The maximum atomic E-state index is 13.4. The first-order valence-electron chi connectivity index (χ1n) is 5.80. The topological polar surface area (TPSA) is 9.23 Å². The number of hydrogen-bond acceptors (Lipinski definition) is 1. The largest absolute Gasteiger partial charge is 0.470 e. The second kappa shape index (κ2) is 5.06. The fourth-order valence-corrected chi connectivity index (χ4v) is 1.46. The zero-order chi connectivity index (χ0) is 16.7. The monoisotopic (exact) mass is 318 g/mol. The molecule has 0 saturated heterocycles. The van der Waals surface area contributed by atoms with Crippen LogP contribution in [0, 0.1) is 0 Å². The van der Waals surface area contributed by atoms with Crippen molar-refractivity contribution >= 4 is 0 Å². The summed E-state index contributed by atoms with van der Waals surface area (Å²) in [5.41, 5.74) is 0.290. The predicted octanol–water partition coefficient (Wildman–Crippen LogP) is 5.15. The Morgan fingerprint density at radius 3 is 1.38 bits per heavy atom. The van der Waals surface area contributed by atoms with Crippen molar-refractivity contribution in [2.45, 2.75) is 44.4 Å². The Kier molecular flexibility index (Phi) is 4.24. The van der Waals surface area contributed by atoms with Crippen LogP contribution in [0.3, 0.4) is 0 Å². The second-order valence-electron chi connectivity index (χ2n) is 5.47. The van der Waals surface area contributed by atoms with Gasteiger partial charge in [-0.3, -0.25) is 0 Å². The van der Waals surface area contributed by atoms with E-state index < -0.39 is 24.0 Å². The standard InChI is InChI=1S/C13H13F7O/c1-10(2,3)8-4-6-9(7-5-8)21-11(14,12(15,16)17)13(18,19)20/h4-7H,1-3H3. The van der Waals surface area contributed by atoms with Crippen LogP contribution in [0.1, 0.15) is 26.3 Å². The van der Waals surface area contributed by atoms with E-state index >= 15 is 0 Å². The van der Waals surface area contributed by atoms with Gasteiger partial charge in [0.15, 0.2) is 0 Å². The Hall–Kier alpha value is -1.47. The summed E-state index contributed by atoms with van der Waals surface area (Å²) < 4.78 is 90.9. The lowest BCUT2D eigenvalue weighted by Gasteiger charge is -2.30. The third kappa shape index (κ3) is 3.59. The average Bonchev–Trinajstić information content (AvgIpc) is 2.25. The molecule has 1 nitrogen and oxygen atoms in total. The lowest BCUT2D eigenvalue weighted by atomic mass is 9.87. The highest BCUT2D eigenvalue weighted by molar-refractivity contribution is 5.31. The van der Waals surface area contributed by atoms with Gasteiger partial charge < -0.3 is 4.74 Å². The molecule has 1 rings (SSSR count). The van der Waals surface area contributed by atoms with Crippen molar-refractivity contribution in [1.82, 2.24) is 0 Å². The summed E-state index contributed by atoms with van der Waals surface area (Å²) in [5, 5.41) is 0. The molecule has 1 aromatic carbocycles. The average molecular weight is 318 g/mol.